The van der Waals surface area contributed by atoms with Gasteiger partial charge in [-0.05, 0) is 6.07 Å². The van der Waals surface area contributed by atoms with Crippen LogP contribution in [0.3, 0.4) is 0 Å². The van der Waals surface area contributed by atoms with Gasteiger partial charge in [0.2, 0.25) is 0 Å². The number of aromatic nitrogens is 4. The maximum absolute atomic E-state index is 12.7. The molecule has 2 aliphatic heterocycles. The molecule has 5 rings (SSSR count). The number of benzene rings is 1. The van der Waals surface area contributed by atoms with E-state index in [0.29, 0.717) is 16.8 Å². The first-order valence-corrected chi connectivity index (χ1v) is 11.7. The Morgan fingerprint density at radius 3 is 2.65 bits per heavy atom. The predicted molar refractivity (Wildman–Crippen MR) is 117 cm³/mol. The van der Waals surface area contributed by atoms with Crippen molar-refractivity contribution in [3.63, 3.8) is 0 Å². The molecule has 0 saturated carbocycles. The molecule has 14 nitrogen and oxygen atoms in total. The number of rotatable bonds is 7. The van der Waals surface area contributed by atoms with Crippen LogP contribution in [0.25, 0.3) is 11.2 Å². The molecule has 2 aromatic heterocycles. The Morgan fingerprint density at radius 1 is 1.18 bits per heavy atom. The van der Waals surface area contributed by atoms with Crippen molar-refractivity contribution in [3.05, 3.63) is 42.5 Å². The molecule has 0 spiro atoms. The molecule has 182 valence electrons. The van der Waals surface area contributed by atoms with Crippen molar-refractivity contribution in [2.75, 3.05) is 31.3 Å². The van der Waals surface area contributed by atoms with Crippen molar-refractivity contribution >= 4 is 33.0 Å². The Labute approximate surface area is 193 Å². The Balaban J connectivity index is 1.29. The van der Waals surface area contributed by atoms with Crippen molar-refractivity contribution in [2.24, 2.45) is 0 Å². The molecule has 34 heavy (non-hydrogen) atoms. The summed E-state index contributed by atoms with van der Waals surface area (Å²) >= 11 is 0. The highest BCUT2D eigenvalue weighted by Gasteiger charge is 2.47. The molecule has 4 heterocycles. The van der Waals surface area contributed by atoms with Crippen LogP contribution in [-0.2, 0) is 29.5 Å². The van der Waals surface area contributed by atoms with E-state index in [4.69, 9.17) is 25.1 Å². The monoisotopic (exact) mass is 493 g/mol. The number of nitrogens with one attached hydrogen (secondary N) is 1. The number of aliphatic hydroxyl groups excluding tert-OH is 2. The highest BCUT2D eigenvalue weighted by Crippen LogP contribution is 2.35. The van der Waals surface area contributed by atoms with Crippen molar-refractivity contribution in [1.29, 1.82) is 0 Å². The summed E-state index contributed by atoms with van der Waals surface area (Å²) in [4.78, 5) is 12.0. The van der Waals surface area contributed by atoms with Gasteiger partial charge in [0.05, 0.1) is 26.1 Å². The summed E-state index contributed by atoms with van der Waals surface area (Å²) in [6, 6.07) is 6.84. The van der Waals surface area contributed by atoms with E-state index in [1.807, 2.05) is 0 Å². The zero-order chi connectivity index (χ0) is 24.1. The van der Waals surface area contributed by atoms with Gasteiger partial charge in [0.1, 0.15) is 35.7 Å². The lowest BCUT2D eigenvalue weighted by molar-refractivity contribution is -0.0692. The number of anilines is 2. The van der Waals surface area contributed by atoms with Crippen molar-refractivity contribution < 1.29 is 32.3 Å². The third kappa shape index (κ3) is 3.86. The number of hydrogen-bond acceptors (Lipinski definition) is 12. The standard InChI is InChI=1S/C19H23N7O7S/c20-11-4-2-1-3-10(11)19(6-31-7-19)25-34(29,30)32-5-12-14(27)15(28)18(33-12)26-9-24-13-16(21)22-8-23-17(13)26/h1-4,8-9,12,14-15,18,25,27-28H,5-7,20H2,(H2,21,22,23)/t12-,14-,15-,18-/m1/s1. The Kier molecular flexibility index (Phi) is 5.64. The van der Waals surface area contributed by atoms with Gasteiger partial charge in [-0.2, -0.15) is 13.1 Å². The van der Waals surface area contributed by atoms with Crippen LogP contribution < -0.4 is 16.2 Å². The zero-order valence-electron chi connectivity index (χ0n) is 17.7. The van der Waals surface area contributed by atoms with Crippen LogP contribution in [0.15, 0.2) is 36.9 Å². The van der Waals surface area contributed by atoms with E-state index in [1.54, 1.807) is 24.3 Å². The average Bonchev–Trinajstić information content (AvgIpc) is 3.32. The lowest BCUT2D eigenvalue weighted by atomic mass is 9.88. The lowest BCUT2D eigenvalue weighted by Gasteiger charge is -2.42. The number of imidazole rings is 1. The topological polar surface area (TPSA) is 210 Å². The zero-order valence-corrected chi connectivity index (χ0v) is 18.5. The van der Waals surface area contributed by atoms with Gasteiger partial charge in [-0.15, -0.1) is 0 Å². The third-order valence-electron chi connectivity index (χ3n) is 5.88. The summed E-state index contributed by atoms with van der Waals surface area (Å²) in [5.41, 5.74) is 12.3. The summed E-state index contributed by atoms with van der Waals surface area (Å²) in [7, 11) is -4.32. The molecule has 0 bridgehead atoms. The number of hydrogen-bond donors (Lipinski definition) is 5. The van der Waals surface area contributed by atoms with E-state index in [-0.39, 0.29) is 24.7 Å². The van der Waals surface area contributed by atoms with E-state index < -0.39 is 47.0 Å². The maximum atomic E-state index is 12.7. The third-order valence-corrected chi connectivity index (χ3v) is 6.97. The van der Waals surface area contributed by atoms with Crippen LogP contribution in [-0.4, -0.2) is 76.3 Å². The fourth-order valence-corrected chi connectivity index (χ4v) is 5.17. The summed E-state index contributed by atoms with van der Waals surface area (Å²) < 4.78 is 45.3. The molecule has 7 N–H and O–H groups in total. The molecule has 15 heteroatoms. The van der Waals surface area contributed by atoms with Crippen molar-refractivity contribution in [1.82, 2.24) is 24.2 Å². The molecule has 0 aliphatic carbocycles. The minimum atomic E-state index is -4.32. The molecular weight excluding hydrogens is 470 g/mol. The van der Waals surface area contributed by atoms with E-state index >= 15 is 0 Å². The van der Waals surface area contributed by atoms with E-state index in [9.17, 15) is 18.6 Å². The molecule has 0 amide bonds. The van der Waals surface area contributed by atoms with Gasteiger partial charge >= 0.3 is 10.3 Å². The summed E-state index contributed by atoms with van der Waals surface area (Å²) in [6.45, 7) is -0.410. The van der Waals surface area contributed by atoms with Crippen LogP contribution in [0.2, 0.25) is 0 Å². The van der Waals surface area contributed by atoms with Crippen LogP contribution in [0.4, 0.5) is 11.5 Å². The van der Waals surface area contributed by atoms with Crippen molar-refractivity contribution in [2.45, 2.75) is 30.1 Å². The molecule has 4 atom stereocenters. The van der Waals surface area contributed by atoms with Crippen molar-refractivity contribution in [3.8, 4) is 0 Å². The number of para-hydroxylation sites is 1. The molecular formula is C19H23N7O7S. The Hall–Kier alpha value is -2.92. The maximum Gasteiger partial charge on any atom is 0.336 e. The quantitative estimate of drug-likeness (QED) is 0.235. The van der Waals surface area contributed by atoms with E-state index in [1.165, 1.54) is 17.2 Å². The minimum Gasteiger partial charge on any atom is -0.398 e. The molecule has 1 aromatic carbocycles. The molecule has 2 saturated heterocycles. The van der Waals surface area contributed by atoms with Crippen LogP contribution in [0, 0.1) is 0 Å². The van der Waals surface area contributed by atoms with Crippen LogP contribution in [0.1, 0.15) is 11.8 Å². The second-order valence-corrected chi connectivity index (χ2v) is 9.48. The molecule has 2 aliphatic rings. The second kappa shape index (κ2) is 8.38. The molecule has 0 unspecified atom stereocenters. The number of nitrogens with two attached hydrogens (primary N) is 2. The number of nitrogen functional groups attached to an aromatic ring is 2. The largest absolute Gasteiger partial charge is 0.398 e. The normalized spacial score (nSPS) is 26.5. The number of ether oxygens (including phenoxy) is 2. The smallest absolute Gasteiger partial charge is 0.336 e. The highest BCUT2D eigenvalue weighted by molar-refractivity contribution is 7.84. The first kappa shape index (κ1) is 22.9. The van der Waals surface area contributed by atoms with Gasteiger partial charge in [0.15, 0.2) is 17.7 Å². The first-order valence-electron chi connectivity index (χ1n) is 10.3. The second-order valence-electron chi connectivity index (χ2n) is 8.13. The SMILES string of the molecule is Nc1ccccc1C1(NS(=O)(=O)OC[C@H]2O[C@@H](n3cnc4c(N)ncnc43)[C@H](O)[C@@H]2O)COC1. The van der Waals surface area contributed by atoms with E-state index in [0.717, 1.165) is 0 Å². The van der Waals surface area contributed by atoms with Gasteiger partial charge in [0, 0.05) is 11.3 Å². The number of fused-ring (bicyclic) bond motifs is 1. The van der Waals surface area contributed by atoms with Gasteiger partial charge in [-0.3, -0.25) is 8.75 Å². The van der Waals surface area contributed by atoms with Gasteiger partial charge in [-0.25, -0.2) is 15.0 Å². The molecule has 3 aromatic rings. The number of nitrogens with zero attached hydrogens (tertiary/aromatic N) is 4. The van der Waals surface area contributed by atoms with Gasteiger partial charge < -0.3 is 31.2 Å². The fourth-order valence-electron chi connectivity index (χ4n) is 4.09. The minimum absolute atomic E-state index is 0.0752. The summed E-state index contributed by atoms with van der Waals surface area (Å²) in [5.74, 6) is 0.141. The summed E-state index contributed by atoms with van der Waals surface area (Å²) in [6.07, 6.45) is -2.55. The Morgan fingerprint density at radius 2 is 1.94 bits per heavy atom. The predicted octanol–water partition coefficient (Wildman–Crippen LogP) is -1.61. The van der Waals surface area contributed by atoms with Crippen LogP contribution >= 0.6 is 0 Å². The highest BCUT2D eigenvalue weighted by atomic mass is 32.2. The lowest BCUT2D eigenvalue weighted by Crippen LogP contribution is -2.59. The summed E-state index contributed by atoms with van der Waals surface area (Å²) in [5, 5.41) is 21.0. The number of aliphatic hydroxyl groups is 2. The van der Waals surface area contributed by atoms with E-state index in [2.05, 4.69) is 19.7 Å². The Bertz CT molecular complexity index is 1310. The first-order chi connectivity index (χ1) is 16.2. The fraction of sp³-hybridized carbons (Fsp3) is 0.421. The average molecular weight is 494 g/mol. The molecule has 2 fully saturated rings. The molecule has 0 radical (unpaired) electrons. The van der Waals surface area contributed by atoms with Gasteiger partial charge in [0.25, 0.3) is 0 Å². The van der Waals surface area contributed by atoms with Gasteiger partial charge in [-0.1, -0.05) is 18.2 Å². The van der Waals surface area contributed by atoms with Crippen LogP contribution in [0.5, 0.6) is 0 Å².